The molecule has 1 saturated carbocycles. The fraction of sp³-hybridized carbons (Fsp3) is 0.538. The highest BCUT2D eigenvalue weighted by atomic mass is 35.5. The zero-order chi connectivity index (χ0) is 14.1. The first-order chi connectivity index (χ1) is 9.65. The SMILES string of the molecule is Nc1cnc(N2CCOCC2C(=O)NC2CC2)c(Cl)c1. The lowest BCUT2D eigenvalue weighted by molar-refractivity contribution is -0.124. The molecular weight excluding hydrogens is 280 g/mol. The van der Waals surface area contributed by atoms with E-state index in [-0.39, 0.29) is 5.91 Å². The maximum atomic E-state index is 12.3. The number of hydrogen-bond acceptors (Lipinski definition) is 5. The summed E-state index contributed by atoms with van der Waals surface area (Å²) in [5.41, 5.74) is 6.16. The van der Waals surface area contributed by atoms with Crippen molar-refractivity contribution < 1.29 is 9.53 Å². The van der Waals surface area contributed by atoms with E-state index in [1.165, 1.54) is 0 Å². The monoisotopic (exact) mass is 296 g/mol. The van der Waals surface area contributed by atoms with Crippen molar-refractivity contribution in [2.24, 2.45) is 0 Å². The number of carbonyl (C=O) groups is 1. The normalized spacial score (nSPS) is 22.6. The van der Waals surface area contributed by atoms with E-state index in [1.54, 1.807) is 12.3 Å². The number of nitrogen functional groups attached to an aromatic ring is 1. The molecule has 6 nitrogen and oxygen atoms in total. The summed E-state index contributed by atoms with van der Waals surface area (Å²) in [4.78, 5) is 18.4. The fourth-order valence-electron chi connectivity index (χ4n) is 2.26. The lowest BCUT2D eigenvalue weighted by Gasteiger charge is -2.35. The van der Waals surface area contributed by atoms with Gasteiger partial charge in [0.25, 0.3) is 0 Å². The molecule has 1 aliphatic carbocycles. The average molecular weight is 297 g/mol. The summed E-state index contributed by atoms with van der Waals surface area (Å²) in [5.74, 6) is 0.557. The van der Waals surface area contributed by atoms with Gasteiger partial charge in [0.05, 0.1) is 30.1 Å². The molecule has 0 bridgehead atoms. The number of anilines is 2. The van der Waals surface area contributed by atoms with Crippen molar-refractivity contribution in [1.82, 2.24) is 10.3 Å². The number of hydrogen-bond donors (Lipinski definition) is 2. The van der Waals surface area contributed by atoms with Gasteiger partial charge >= 0.3 is 0 Å². The highest BCUT2D eigenvalue weighted by Gasteiger charge is 2.34. The predicted octanol–water partition coefficient (Wildman–Crippen LogP) is 0.801. The van der Waals surface area contributed by atoms with Crippen LogP contribution in [0, 0.1) is 0 Å². The molecule has 3 N–H and O–H groups in total. The van der Waals surface area contributed by atoms with Crippen molar-refractivity contribution in [1.29, 1.82) is 0 Å². The third-order valence-electron chi connectivity index (χ3n) is 3.47. The molecule has 3 rings (SSSR count). The van der Waals surface area contributed by atoms with Crippen LogP contribution in [-0.4, -0.2) is 42.7 Å². The summed E-state index contributed by atoms with van der Waals surface area (Å²) in [6, 6.07) is 1.58. The highest BCUT2D eigenvalue weighted by Crippen LogP contribution is 2.28. The topological polar surface area (TPSA) is 80.5 Å². The minimum absolute atomic E-state index is 0.0260. The van der Waals surface area contributed by atoms with Crippen LogP contribution in [0.25, 0.3) is 0 Å². The Labute approximate surface area is 122 Å². The third-order valence-corrected chi connectivity index (χ3v) is 3.75. The summed E-state index contributed by atoms with van der Waals surface area (Å²) in [6.07, 6.45) is 3.66. The maximum Gasteiger partial charge on any atom is 0.245 e. The molecule has 2 aliphatic rings. The first-order valence-electron chi connectivity index (χ1n) is 6.71. The van der Waals surface area contributed by atoms with E-state index < -0.39 is 6.04 Å². The van der Waals surface area contributed by atoms with Crippen molar-refractivity contribution in [2.45, 2.75) is 24.9 Å². The zero-order valence-corrected chi connectivity index (χ0v) is 11.8. The van der Waals surface area contributed by atoms with Crippen LogP contribution in [0.3, 0.4) is 0 Å². The Kier molecular flexibility index (Phi) is 3.67. The molecule has 0 radical (unpaired) electrons. The van der Waals surface area contributed by atoms with Gasteiger partial charge in [-0.05, 0) is 18.9 Å². The van der Waals surface area contributed by atoms with Gasteiger partial charge < -0.3 is 20.7 Å². The largest absolute Gasteiger partial charge is 0.397 e. The van der Waals surface area contributed by atoms with Crippen molar-refractivity contribution in [2.75, 3.05) is 30.4 Å². The first-order valence-corrected chi connectivity index (χ1v) is 7.09. The molecule has 7 heteroatoms. The standard InChI is InChI=1S/C13H17ClN4O2/c14-10-5-8(15)6-16-12(10)18-3-4-20-7-11(18)13(19)17-9-1-2-9/h5-6,9,11H,1-4,7,15H2,(H,17,19). The lowest BCUT2D eigenvalue weighted by Crippen LogP contribution is -2.54. The van der Waals surface area contributed by atoms with E-state index >= 15 is 0 Å². The van der Waals surface area contributed by atoms with Crippen LogP contribution in [0.1, 0.15) is 12.8 Å². The third kappa shape index (κ3) is 2.81. The molecule has 20 heavy (non-hydrogen) atoms. The van der Waals surface area contributed by atoms with E-state index in [4.69, 9.17) is 22.1 Å². The second-order valence-electron chi connectivity index (χ2n) is 5.14. The molecule has 1 aliphatic heterocycles. The summed E-state index contributed by atoms with van der Waals surface area (Å²) in [7, 11) is 0. The van der Waals surface area contributed by atoms with Crippen molar-refractivity contribution in [3.63, 3.8) is 0 Å². The van der Waals surface area contributed by atoms with Gasteiger partial charge in [0.2, 0.25) is 5.91 Å². The molecule has 1 amide bonds. The van der Waals surface area contributed by atoms with Crippen molar-refractivity contribution >= 4 is 29.0 Å². The second kappa shape index (κ2) is 5.46. The molecule has 2 fully saturated rings. The predicted molar refractivity (Wildman–Crippen MR) is 76.8 cm³/mol. The number of carbonyl (C=O) groups excluding carboxylic acids is 1. The molecule has 1 unspecified atom stereocenters. The van der Waals surface area contributed by atoms with E-state index in [9.17, 15) is 4.79 Å². The summed E-state index contributed by atoms with van der Waals surface area (Å²) in [6.45, 7) is 1.48. The Morgan fingerprint density at radius 2 is 2.35 bits per heavy atom. The molecule has 1 aromatic rings. The number of ether oxygens (including phenoxy) is 1. The summed E-state index contributed by atoms with van der Waals surface area (Å²) < 4.78 is 5.42. The number of pyridine rings is 1. The Balaban J connectivity index is 1.81. The minimum atomic E-state index is -0.391. The fourth-order valence-corrected chi connectivity index (χ4v) is 2.54. The van der Waals surface area contributed by atoms with Crippen LogP contribution in [0.5, 0.6) is 0 Å². The van der Waals surface area contributed by atoms with E-state index in [1.807, 2.05) is 4.90 Å². The average Bonchev–Trinajstić information content (AvgIpc) is 3.23. The Morgan fingerprint density at radius 1 is 1.55 bits per heavy atom. The second-order valence-corrected chi connectivity index (χ2v) is 5.55. The molecule has 0 spiro atoms. The van der Waals surface area contributed by atoms with Crippen LogP contribution in [0.2, 0.25) is 5.02 Å². The van der Waals surface area contributed by atoms with Gasteiger partial charge in [-0.2, -0.15) is 0 Å². The number of halogens is 1. The molecule has 2 heterocycles. The zero-order valence-electron chi connectivity index (χ0n) is 11.0. The van der Waals surface area contributed by atoms with Gasteiger partial charge in [-0.15, -0.1) is 0 Å². The highest BCUT2D eigenvalue weighted by molar-refractivity contribution is 6.33. The number of amides is 1. The van der Waals surface area contributed by atoms with Gasteiger partial charge in [0, 0.05) is 12.6 Å². The molecule has 1 saturated heterocycles. The summed E-state index contributed by atoms with van der Waals surface area (Å²) in [5, 5.41) is 3.45. The number of nitrogens with two attached hydrogens (primary N) is 1. The van der Waals surface area contributed by atoms with Crippen molar-refractivity contribution in [3.8, 4) is 0 Å². The number of aromatic nitrogens is 1. The Hall–Kier alpha value is -1.53. The molecular formula is C13H17ClN4O2. The van der Waals surface area contributed by atoms with Crippen LogP contribution in [0.4, 0.5) is 11.5 Å². The van der Waals surface area contributed by atoms with Gasteiger partial charge in [0.1, 0.15) is 11.9 Å². The summed E-state index contributed by atoms with van der Waals surface area (Å²) >= 11 is 6.19. The van der Waals surface area contributed by atoms with E-state index in [0.717, 1.165) is 12.8 Å². The number of morpholine rings is 1. The molecule has 108 valence electrons. The first kappa shape index (κ1) is 13.5. The number of nitrogens with zero attached hydrogens (tertiary/aromatic N) is 2. The lowest BCUT2D eigenvalue weighted by atomic mass is 10.2. The number of nitrogens with one attached hydrogen (secondary N) is 1. The van der Waals surface area contributed by atoms with Crippen LogP contribution in [-0.2, 0) is 9.53 Å². The van der Waals surface area contributed by atoms with Gasteiger partial charge in [-0.1, -0.05) is 11.6 Å². The quantitative estimate of drug-likeness (QED) is 0.862. The van der Waals surface area contributed by atoms with E-state index in [0.29, 0.717) is 42.3 Å². The minimum Gasteiger partial charge on any atom is -0.397 e. The van der Waals surface area contributed by atoms with Crippen LogP contribution >= 0.6 is 11.6 Å². The number of rotatable bonds is 3. The van der Waals surface area contributed by atoms with Crippen molar-refractivity contribution in [3.05, 3.63) is 17.3 Å². The maximum absolute atomic E-state index is 12.3. The molecule has 1 atom stereocenters. The van der Waals surface area contributed by atoms with Gasteiger partial charge in [-0.25, -0.2) is 4.98 Å². The molecule has 0 aromatic carbocycles. The molecule has 1 aromatic heterocycles. The Morgan fingerprint density at radius 3 is 3.05 bits per heavy atom. The van der Waals surface area contributed by atoms with E-state index in [2.05, 4.69) is 10.3 Å². The van der Waals surface area contributed by atoms with Crippen LogP contribution in [0.15, 0.2) is 12.3 Å². The van der Waals surface area contributed by atoms with Gasteiger partial charge in [-0.3, -0.25) is 4.79 Å². The Bertz CT molecular complexity index is 521. The smallest absolute Gasteiger partial charge is 0.245 e. The van der Waals surface area contributed by atoms with Gasteiger partial charge in [0.15, 0.2) is 0 Å². The van der Waals surface area contributed by atoms with Crippen LogP contribution < -0.4 is 16.0 Å².